The third-order valence-electron chi connectivity index (χ3n) is 3.94. The lowest BCUT2D eigenvalue weighted by Gasteiger charge is -2.41. The van der Waals surface area contributed by atoms with Crippen LogP contribution in [0.3, 0.4) is 0 Å². The molecule has 1 aromatic carbocycles. The molecular weight excluding hydrogens is 283 g/mol. The molecule has 19 heavy (non-hydrogen) atoms. The Hall–Kier alpha value is -0.770. The van der Waals surface area contributed by atoms with Crippen LogP contribution in [0.4, 0.5) is 0 Å². The summed E-state index contributed by atoms with van der Waals surface area (Å²) in [7, 11) is 1.79. The van der Waals surface area contributed by atoms with Crippen LogP contribution < -0.4 is 5.73 Å². The second-order valence-electron chi connectivity index (χ2n) is 5.21. The van der Waals surface area contributed by atoms with Crippen molar-refractivity contribution >= 4 is 29.1 Å². The molecule has 104 valence electrons. The van der Waals surface area contributed by atoms with Crippen molar-refractivity contribution in [2.45, 2.75) is 25.8 Å². The highest BCUT2D eigenvalue weighted by Crippen LogP contribution is 2.41. The summed E-state index contributed by atoms with van der Waals surface area (Å²) >= 11 is 12.1. The predicted molar refractivity (Wildman–Crippen MR) is 78.3 cm³/mol. The molecule has 1 aliphatic rings. The molecule has 1 amide bonds. The van der Waals surface area contributed by atoms with Gasteiger partial charge < -0.3 is 10.6 Å². The fourth-order valence-electron chi connectivity index (χ4n) is 2.51. The van der Waals surface area contributed by atoms with Crippen LogP contribution in [0.2, 0.25) is 10.0 Å². The molecule has 0 spiro atoms. The third-order valence-corrected chi connectivity index (χ3v) is 4.80. The number of rotatable bonds is 4. The molecule has 1 aliphatic carbocycles. The molecule has 0 radical (unpaired) electrons. The third kappa shape index (κ3) is 2.73. The van der Waals surface area contributed by atoms with Crippen molar-refractivity contribution in [2.75, 3.05) is 13.6 Å². The van der Waals surface area contributed by atoms with Crippen molar-refractivity contribution in [2.24, 2.45) is 11.1 Å². The fourth-order valence-corrected chi connectivity index (χ4v) is 2.89. The Balaban J connectivity index is 2.10. The Labute approximate surface area is 123 Å². The van der Waals surface area contributed by atoms with E-state index in [0.717, 1.165) is 24.8 Å². The summed E-state index contributed by atoms with van der Waals surface area (Å²) in [6.07, 6.45) is 2.85. The van der Waals surface area contributed by atoms with Gasteiger partial charge in [-0.1, -0.05) is 41.8 Å². The first-order chi connectivity index (χ1) is 9.00. The first kappa shape index (κ1) is 14.6. The van der Waals surface area contributed by atoms with E-state index < -0.39 is 0 Å². The van der Waals surface area contributed by atoms with Gasteiger partial charge in [0, 0.05) is 20.1 Å². The standard InChI is InChI=1S/C14H18Cl2N2O/c1-18(13(19)14(9-17)6-3-7-14)8-10-4-2-5-11(15)12(10)16/h2,4-5H,3,6-9,17H2,1H3. The lowest BCUT2D eigenvalue weighted by Crippen LogP contribution is -2.50. The van der Waals surface area contributed by atoms with E-state index in [4.69, 9.17) is 28.9 Å². The van der Waals surface area contributed by atoms with Crippen molar-refractivity contribution in [3.63, 3.8) is 0 Å². The molecule has 0 bridgehead atoms. The van der Waals surface area contributed by atoms with Gasteiger partial charge in [-0.05, 0) is 24.5 Å². The van der Waals surface area contributed by atoms with Crippen LogP contribution in [0, 0.1) is 5.41 Å². The highest BCUT2D eigenvalue weighted by atomic mass is 35.5. The maximum atomic E-state index is 12.4. The highest BCUT2D eigenvalue weighted by Gasteiger charge is 2.44. The first-order valence-corrected chi connectivity index (χ1v) is 7.14. The van der Waals surface area contributed by atoms with E-state index in [1.807, 2.05) is 12.1 Å². The van der Waals surface area contributed by atoms with Crippen molar-refractivity contribution in [3.05, 3.63) is 33.8 Å². The van der Waals surface area contributed by atoms with Crippen LogP contribution in [0.1, 0.15) is 24.8 Å². The smallest absolute Gasteiger partial charge is 0.230 e. The van der Waals surface area contributed by atoms with Gasteiger partial charge in [0.15, 0.2) is 0 Å². The number of carbonyl (C=O) groups is 1. The van der Waals surface area contributed by atoms with Crippen LogP contribution in [0.25, 0.3) is 0 Å². The lowest BCUT2D eigenvalue weighted by atomic mass is 9.68. The minimum Gasteiger partial charge on any atom is -0.341 e. The zero-order valence-electron chi connectivity index (χ0n) is 11.0. The molecule has 0 atom stereocenters. The van der Waals surface area contributed by atoms with Crippen LogP contribution in [-0.4, -0.2) is 24.4 Å². The summed E-state index contributed by atoms with van der Waals surface area (Å²) in [5.41, 5.74) is 6.27. The monoisotopic (exact) mass is 300 g/mol. The molecule has 0 aliphatic heterocycles. The molecule has 3 nitrogen and oxygen atoms in total. The SMILES string of the molecule is CN(Cc1cccc(Cl)c1Cl)C(=O)C1(CN)CCC1. The van der Waals surface area contributed by atoms with E-state index in [-0.39, 0.29) is 11.3 Å². The number of benzene rings is 1. The quantitative estimate of drug-likeness (QED) is 0.929. The summed E-state index contributed by atoms with van der Waals surface area (Å²) < 4.78 is 0. The minimum atomic E-state index is -0.347. The van der Waals surface area contributed by atoms with E-state index in [1.54, 1.807) is 18.0 Å². The van der Waals surface area contributed by atoms with E-state index in [9.17, 15) is 4.79 Å². The fraction of sp³-hybridized carbons (Fsp3) is 0.500. The lowest BCUT2D eigenvalue weighted by molar-refractivity contribution is -0.145. The maximum absolute atomic E-state index is 12.4. The average molecular weight is 301 g/mol. The van der Waals surface area contributed by atoms with Gasteiger partial charge in [0.05, 0.1) is 15.5 Å². The van der Waals surface area contributed by atoms with Gasteiger partial charge in [-0.2, -0.15) is 0 Å². The summed E-state index contributed by atoms with van der Waals surface area (Å²) in [6.45, 7) is 0.874. The summed E-state index contributed by atoms with van der Waals surface area (Å²) in [5, 5.41) is 1.02. The van der Waals surface area contributed by atoms with Crippen molar-refractivity contribution < 1.29 is 4.79 Å². The minimum absolute atomic E-state index is 0.109. The Morgan fingerprint density at radius 2 is 2.11 bits per heavy atom. The van der Waals surface area contributed by atoms with Gasteiger partial charge in [0.2, 0.25) is 5.91 Å². The number of hydrogen-bond acceptors (Lipinski definition) is 2. The molecule has 0 unspecified atom stereocenters. The Morgan fingerprint density at radius 1 is 1.42 bits per heavy atom. The number of halogens is 2. The Kier molecular flexibility index (Phi) is 4.39. The zero-order chi connectivity index (χ0) is 14.0. The predicted octanol–water partition coefficient (Wildman–Crippen LogP) is 3.08. The summed E-state index contributed by atoms with van der Waals surface area (Å²) in [4.78, 5) is 14.1. The number of amides is 1. The van der Waals surface area contributed by atoms with E-state index in [2.05, 4.69) is 0 Å². The highest BCUT2D eigenvalue weighted by molar-refractivity contribution is 6.42. The number of nitrogens with zero attached hydrogens (tertiary/aromatic N) is 1. The molecule has 2 rings (SSSR count). The number of carbonyl (C=O) groups excluding carboxylic acids is 1. The second-order valence-corrected chi connectivity index (χ2v) is 6.00. The van der Waals surface area contributed by atoms with Gasteiger partial charge in [0.1, 0.15) is 0 Å². The van der Waals surface area contributed by atoms with Crippen molar-refractivity contribution in [1.29, 1.82) is 0 Å². The zero-order valence-corrected chi connectivity index (χ0v) is 12.5. The normalized spacial score (nSPS) is 16.8. The summed E-state index contributed by atoms with van der Waals surface area (Å²) in [5.74, 6) is 0.109. The maximum Gasteiger partial charge on any atom is 0.230 e. The summed E-state index contributed by atoms with van der Waals surface area (Å²) in [6, 6.07) is 5.46. The van der Waals surface area contributed by atoms with Crippen LogP contribution in [0.15, 0.2) is 18.2 Å². The van der Waals surface area contributed by atoms with Gasteiger partial charge >= 0.3 is 0 Å². The molecule has 0 aromatic heterocycles. The molecular formula is C14H18Cl2N2O. The first-order valence-electron chi connectivity index (χ1n) is 6.39. The van der Waals surface area contributed by atoms with Gasteiger partial charge in [-0.3, -0.25) is 4.79 Å². The van der Waals surface area contributed by atoms with Gasteiger partial charge in [-0.25, -0.2) is 0 Å². The molecule has 5 heteroatoms. The van der Waals surface area contributed by atoms with Gasteiger partial charge in [0.25, 0.3) is 0 Å². The van der Waals surface area contributed by atoms with Crippen molar-refractivity contribution in [3.8, 4) is 0 Å². The molecule has 1 saturated carbocycles. The van der Waals surface area contributed by atoms with E-state index >= 15 is 0 Å². The largest absolute Gasteiger partial charge is 0.341 e. The van der Waals surface area contributed by atoms with Gasteiger partial charge in [-0.15, -0.1) is 0 Å². The van der Waals surface area contributed by atoms with Crippen LogP contribution in [-0.2, 0) is 11.3 Å². The number of hydrogen-bond donors (Lipinski definition) is 1. The topological polar surface area (TPSA) is 46.3 Å². The van der Waals surface area contributed by atoms with E-state index in [1.165, 1.54) is 0 Å². The van der Waals surface area contributed by atoms with E-state index in [0.29, 0.717) is 23.1 Å². The number of nitrogens with two attached hydrogens (primary N) is 1. The molecule has 0 saturated heterocycles. The van der Waals surface area contributed by atoms with Crippen molar-refractivity contribution in [1.82, 2.24) is 4.90 Å². The molecule has 1 aromatic rings. The Bertz CT molecular complexity index is 481. The van der Waals surface area contributed by atoms with Crippen LogP contribution in [0.5, 0.6) is 0 Å². The average Bonchev–Trinajstić information content (AvgIpc) is 2.34. The second kappa shape index (κ2) is 5.70. The molecule has 2 N–H and O–H groups in total. The molecule has 1 fully saturated rings. The van der Waals surface area contributed by atoms with Crippen LogP contribution >= 0.6 is 23.2 Å². The Morgan fingerprint density at radius 3 is 2.63 bits per heavy atom. The molecule has 0 heterocycles.